The predicted molar refractivity (Wildman–Crippen MR) is 191 cm³/mol. The van der Waals surface area contributed by atoms with Crippen LogP contribution in [0.25, 0.3) is 98.8 Å². The fourth-order valence-electron chi connectivity index (χ4n) is 7.91. The third kappa shape index (κ3) is 3.03. The topological polar surface area (TPSA) is 35.1 Å². The van der Waals surface area contributed by atoms with Gasteiger partial charge in [-0.25, -0.2) is 9.97 Å². The molecule has 4 heteroatoms. The minimum absolute atomic E-state index is 0.676. The molecule has 0 saturated carbocycles. The molecule has 7 aromatic carbocycles. The molecular formula is C42H24N4. The van der Waals surface area contributed by atoms with Crippen molar-refractivity contribution in [1.29, 1.82) is 0 Å². The van der Waals surface area contributed by atoms with Crippen molar-refractivity contribution in [2.75, 3.05) is 0 Å². The lowest BCUT2D eigenvalue weighted by Gasteiger charge is -2.12. The number of benzene rings is 7. The molecule has 11 aromatic rings. The molecule has 0 radical (unpaired) electrons. The Balaban J connectivity index is 1.34. The van der Waals surface area contributed by atoms with Gasteiger partial charge >= 0.3 is 0 Å². The third-order valence-corrected chi connectivity index (χ3v) is 9.84. The zero-order valence-electron chi connectivity index (χ0n) is 24.6. The summed E-state index contributed by atoms with van der Waals surface area (Å²) in [5, 5.41) is 10.9. The number of rotatable bonds is 2. The molecule has 0 amide bonds. The molecule has 0 aliphatic rings. The van der Waals surface area contributed by atoms with E-state index in [-0.39, 0.29) is 0 Å². The average Bonchev–Trinajstić information content (AvgIpc) is 3.59. The van der Waals surface area contributed by atoms with E-state index in [1.807, 2.05) is 0 Å². The van der Waals surface area contributed by atoms with E-state index in [9.17, 15) is 0 Å². The normalized spacial score (nSPS) is 12.3. The van der Waals surface area contributed by atoms with Crippen molar-refractivity contribution < 1.29 is 0 Å². The molecule has 0 bridgehead atoms. The predicted octanol–water partition coefficient (Wildman–Crippen LogP) is 10.7. The molecule has 4 nitrogen and oxygen atoms in total. The summed E-state index contributed by atoms with van der Waals surface area (Å²) in [6, 6.07) is 52.2. The Hall–Kier alpha value is -6.26. The van der Waals surface area contributed by atoms with Crippen molar-refractivity contribution in [3.05, 3.63) is 146 Å². The first kappa shape index (κ1) is 24.1. The van der Waals surface area contributed by atoms with E-state index in [1.54, 1.807) is 0 Å². The van der Waals surface area contributed by atoms with Crippen LogP contribution < -0.4 is 0 Å². The van der Waals surface area contributed by atoms with E-state index >= 15 is 0 Å². The van der Waals surface area contributed by atoms with Crippen LogP contribution in [0.5, 0.6) is 0 Å². The number of aromatic nitrogens is 4. The van der Waals surface area contributed by atoms with Gasteiger partial charge in [0.2, 0.25) is 5.95 Å². The lowest BCUT2D eigenvalue weighted by atomic mass is 10.0. The molecule has 0 fully saturated rings. The molecule has 11 rings (SSSR count). The first-order valence-electron chi connectivity index (χ1n) is 15.7. The standard InChI is InChI=1S/C42H24N4/c1-2-11-26-24-27(21-20-25(26)10-1)40-32-14-3-6-16-33(32)43-42(44-40)46-36-19-9-15-30-28-12-4-7-17-34(28)45-35-18-8-5-13-29(35)31-22-23-37(46)39(38(30)36)41(31)45/h1-24H. The van der Waals surface area contributed by atoms with Crippen molar-refractivity contribution in [3.63, 3.8) is 0 Å². The van der Waals surface area contributed by atoms with Crippen LogP contribution in [0.4, 0.5) is 0 Å². The van der Waals surface area contributed by atoms with Crippen LogP contribution in [-0.2, 0) is 0 Å². The van der Waals surface area contributed by atoms with Gasteiger partial charge in [-0.15, -0.1) is 0 Å². The summed E-state index contributed by atoms with van der Waals surface area (Å²) >= 11 is 0. The second-order valence-electron chi connectivity index (χ2n) is 12.2. The second kappa shape index (κ2) is 8.68. The summed E-state index contributed by atoms with van der Waals surface area (Å²) in [7, 11) is 0. The maximum Gasteiger partial charge on any atom is 0.235 e. The molecule has 0 spiro atoms. The van der Waals surface area contributed by atoms with E-state index in [0.29, 0.717) is 5.95 Å². The number of fused-ring (bicyclic) bond motifs is 8. The smallest absolute Gasteiger partial charge is 0.235 e. The third-order valence-electron chi connectivity index (χ3n) is 9.84. The molecular weight excluding hydrogens is 560 g/mol. The maximum absolute atomic E-state index is 5.40. The van der Waals surface area contributed by atoms with Crippen molar-refractivity contribution in [1.82, 2.24) is 18.9 Å². The van der Waals surface area contributed by atoms with Crippen LogP contribution in [0.3, 0.4) is 0 Å². The van der Waals surface area contributed by atoms with Crippen molar-refractivity contribution in [2.45, 2.75) is 0 Å². The first-order valence-corrected chi connectivity index (χ1v) is 15.7. The molecule has 0 aliphatic heterocycles. The second-order valence-corrected chi connectivity index (χ2v) is 12.2. The summed E-state index contributed by atoms with van der Waals surface area (Å²) in [5.74, 6) is 0.676. The van der Waals surface area contributed by atoms with Gasteiger partial charge in [-0.05, 0) is 52.6 Å². The summed E-state index contributed by atoms with van der Waals surface area (Å²) in [6.45, 7) is 0. The van der Waals surface area contributed by atoms with Gasteiger partial charge in [0.05, 0.1) is 38.8 Å². The lowest BCUT2D eigenvalue weighted by Crippen LogP contribution is -2.03. The Morgan fingerprint density at radius 2 is 1.07 bits per heavy atom. The fraction of sp³-hybridized carbons (Fsp3) is 0. The molecule has 212 valence electrons. The highest BCUT2D eigenvalue weighted by Gasteiger charge is 2.24. The van der Waals surface area contributed by atoms with E-state index in [4.69, 9.17) is 9.97 Å². The minimum Gasteiger partial charge on any atom is -0.308 e. The molecule has 0 aliphatic carbocycles. The SMILES string of the molecule is c1ccc2cc(-c3nc(-n4c5cccc6c7ccccc7n7c8ccccc8c8ccc4c(c65)c87)nc4ccccc34)ccc2c1. The zero-order valence-corrected chi connectivity index (χ0v) is 24.6. The Labute approximate surface area is 262 Å². The summed E-state index contributed by atoms with van der Waals surface area (Å²) in [4.78, 5) is 10.7. The Morgan fingerprint density at radius 3 is 1.91 bits per heavy atom. The molecule has 46 heavy (non-hydrogen) atoms. The highest BCUT2D eigenvalue weighted by atomic mass is 15.2. The first-order chi connectivity index (χ1) is 22.8. The zero-order chi connectivity index (χ0) is 29.9. The van der Waals surface area contributed by atoms with Crippen LogP contribution >= 0.6 is 0 Å². The monoisotopic (exact) mass is 584 g/mol. The summed E-state index contributed by atoms with van der Waals surface area (Å²) < 4.78 is 4.74. The van der Waals surface area contributed by atoms with Gasteiger partial charge in [-0.3, -0.25) is 4.57 Å². The lowest BCUT2D eigenvalue weighted by molar-refractivity contribution is 1.01. The minimum atomic E-state index is 0.676. The number of para-hydroxylation sites is 3. The summed E-state index contributed by atoms with van der Waals surface area (Å²) in [6.07, 6.45) is 0. The highest BCUT2D eigenvalue weighted by molar-refractivity contribution is 6.33. The Kier molecular flexibility index (Phi) is 4.55. The molecule has 0 saturated heterocycles. The fourth-order valence-corrected chi connectivity index (χ4v) is 7.91. The van der Waals surface area contributed by atoms with Gasteiger partial charge in [-0.1, -0.05) is 109 Å². The van der Waals surface area contributed by atoms with E-state index in [2.05, 4.69) is 155 Å². The van der Waals surface area contributed by atoms with Gasteiger partial charge in [0.25, 0.3) is 0 Å². The molecule has 0 atom stereocenters. The number of hydrogen-bond donors (Lipinski definition) is 0. The van der Waals surface area contributed by atoms with Crippen LogP contribution in [0.1, 0.15) is 0 Å². The summed E-state index contributed by atoms with van der Waals surface area (Å²) in [5.41, 5.74) is 8.80. The van der Waals surface area contributed by atoms with Gasteiger partial charge < -0.3 is 4.40 Å². The molecule has 4 aromatic heterocycles. The van der Waals surface area contributed by atoms with Crippen LogP contribution in [0, 0.1) is 0 Å². The molecule has 0 N–H and O–H groups in total. The van der Waals surface area contributed by atoms with Crippen LogP contribution in [0.2, 0.25) is 0 Å². The van der Waals surface area contributed by atoms with Gasteiger partial charge in [0, 0.05) is 37.9 Å². The Morgan fingerprint density at radius 1 is 0.413 bits per heavy atom. The molecule has 4 heterocycles. The van der Waals surface area contributed by atoms with Crippen molar-refractivity contribution in [2.24, 2.45) is 0 Å². The largest absolute Gasteiger partial charge is 0.308 e. The van der Waals surface area contributed by atoms with Gasteiger partial charge in [0.15, 0.2) is 0 Å². The van der Waals surface area contributed by atoms with Crippen molar-refractivity contribution in [3.8, 4) is 17.2 Å². The van der Waals surface area contributed by atoms with Crippen LogP contribution in [-0.4, -0.2) is 18.9 Å². The van der Waals surface area contributed by atoms with Gasteiger partial charge in [0.1, 0.15) is 0 Å². The Bertz CT molecular complexity index is 3030. The number of nitrogens with zero attached hydrogens (tertiary/aromatic N) is 4. The van der Waals surface area contributed by atoms with E-state index < -0.39 is 0 Å². The highest BCUT2D eigenvalue weighted by Crippen LogP contribution is 2.45. The van der Waals surface area contributed by atoms with E-state index in [1.165, 1.54) is 59.6 Å². The quantitative estimate of drug-likeness (QED) is 0.203. The number of hydrogen-bond acceptors (Lipinski definition) is 2. The van der Waals surface area contributed by atoms with Gasteiger partial charge in [-0.2, -0.15) is 0 Å². The molecule has 0 unspecified atom stereocenters. The average molecular weight is 585 g/mol. The van der Waals surface area contributed by atoms with E-state index in [0.717, 1.165) is 33.2 Å². The maximum atomic E-state index is 5.40. The van der Waals surface area contributed by atoms with Crippen molar-refractivity contribution >= 4 is 81.6 Å². The van der Waals surface area contributed by atoms with Crippen LogP contribution in [0.15, 0.2) is 146 Å².